The summed E-state index contributed by atoms with van der Waals surface area (Å²) < 4.78 is 0. The zero-order valence-electron chi connectivity index (χ0n) is 9.31. The lowest BCUT2D eigenvalue weighted by atomic mass is 10.1. The Morgan fingerprint density at radius 1 is 0.923 bits per heavy atom. The maximum absolute atomic E-state index is 3.14. The minimum absolute atomic E-state index is 1.10. The van der Waals surface area contributed by atoms with Crippen LogP contribution in [-0.4, -0.2) is 13.6 Å². The molecule has 78 valence electrons. The van der Waals surface area contributed by atoms with E-state index in [1.807, 2.05) is 7.05 Å². The molecule has 0 aromatic rings. The van der Waals surface area contributed by atoms with E-state index >= 15 is 0 Å². The third kappa shape index (κ3) is 11.7. The van der Waals surface area contributed by atoms with Crippen molar-refractivity contribution in [3.05, 3.63) is 12.2 Å². The highest BCUT2D eigenvalue weighted by molar-refractivity contribution is 4.81. The fourth-order valence-electron chi connectivity index (χ4n) is 1.33. The Morgan fingerprint density at radius 2 is 1.62 bits per heavy atom. The van der Waals surface area contributed by atoms with E-state index in [0.717, 1.165) is 6.54 Å². The number of unbranched alkanes of at least 4 members (excludes halogenated alkanes) is 5. The molecular weight excluding hydrogens is 158 g/mol. The first-order valence-corrected chi connectivity index (χ1v) is 5.71. The van der Waals surface area contributed by atoms with Gasteiger partial charge in [-0.15, -0.1) is 0 Å². The van der Waals surface area contributed by atoms with Gasteiger partial charge in [-0.2, -0.15) is 0 Å². The SMILES string of the molecule is CCCCCCC/C=C\CCNC. The molecule has 0 radical (unpaired) electrons. The van der Waals surface area contributed by atoms with Gasteiger partial charge in [0, 0.05) is 0 Å². The molecule has 0 spiro atoms. The smallest absolute Gasteiger partial charge is 0.00173 e. The maximum atomic E-state index is 3.14. The molecule has 0 bridgehead atoms. The summed E-state index contributed by atoms with van der Waals surface area (Å²) in [6.07, 6.45) is 14.0. The highest BCUT2D eigenvalue weighted by Gasteiger charge is 1.85. The van der Waals surface area contributed by atoms with Crippen molar-refractivity contribution in [1.29, 1.82) is 0 Å². The van der Waals surface area contributed by atoms with Gasteiger partial charge in [-0.05, 0) is 32.9 Å². The zero-order chi connectivity index (χ0) is 9.78. The van der Waals surface area contributed by atoms with Gasteiger partial charge in [0.25, 0.3) is 0 Å². The van der Waals surface area contributed by atoms with E-state index in [0.29, 0.717) is 0 Å². The van der Waals surface area contributed by atoms with Crippen LogP contribution in [0.25, 0.3) is 0 Å². The van der Waals surface area contributed by atoms with Crippen molar-refractivity contribution in [2.75, 3.05) is 13.6 Å². The number of allylic oxidation sites excluding steroid dienone is 1. The van der Waals surface area contributed by atoms with Gasteiger partial charge < -0.3 is 5.32 Å². The predicted molar refractivity (Wildman–Crippen MR) is 61.1 cm³/mol. The minimum atomic E-state index is 1.10. The lowest BCUT2D eigenvalue weighted by Gasteiger charge is -1.96. The van der Waals surface area contributed by atoms with Gasteiger partial charge >= 0.3 is 0 Å². The van der Waals surface area contributed by atoms with Crippen molar-refractivity contribution in [3.8, 4) is 0 Å². The van der Waals surface area contributed by atoms with Crippen molar-refractivity contribution in [3.63, 3.8) is 0 Å². The maximum Gasteiger partial charge on any atom is -0.00173 e. The molecular formula is C12H25N. The Kier molecular flexibility index (Phi) is 11.4. The molecule has 0 saturated carbocycles. The molecule has 0 heterocycles. The third-order valence-electron chi connectivity index (χ3n) is 2.20. The molecule has 0 rings (SSSR count). The van der Waals surface area contributed by atoms with Crippen LogP contribution in [0.2, 0.25) is 0 Å². The Bertz CT molecular complexity index is 108. The number of nitrogens with one attached hydrogen (secondary N) is 1. The predicted octanol–water partition coefficient (Wildman–Crippen LogP) is 3.51. The lowest BCUT2D eigenvalue weighted by Crippen LogP contribution is -2.05. The highest BCUT2D eigenvalue weighted by Crippen LogP contribution is 2.05. The van der Waals surface area contributed by atoms with Crippen LogP contribution in [-0.2, 0) is 0 Å². The van der Waals surface area contributed by atoms with Crippen LogP contribution in [0, 0.1) is 0 Å². The molecule has 0 amide bonds. The first-order chi connectivity index (χ1) is 6.41. The monoisotopic (exact) mass is 183 g/mol. The molecule has 13 heavy (non-hydrogen) atoms. The van der Waals surface area contributed by atoms with Crippen LogP contribution in [0.3, 0.4) is 0 Å². The van der Waals surface area contributed by atoms with Gasteiger partial charge in [0.2, 0.25) is 0 Å². The average Bonchev–Trinajstić information content (AvgIpc) is 2.16. The van der Waals surface area contributed by atoms with Crippen molar-refractivity contribution < 1.29 is 0 Å². The van der Waals surface area contributed by atoms with Crippen LogP contribution in [0.4, 0.5) is 0 Å². The van der Waals surface area contributed by atoms with Crippen LogP contribution in [0.15, 0.2) is 12.2 Å². The zero-order valence-corrected chi connectivity index (χ0v) is 9.31. The van der Waals surface area contributed by atoms with Crippen molar-refractivity contribution in [1.82, 2.24) is 5.32 Å². The number of hydrogen-bond acceptors (Lipinski definition) is 1. The summed E-state index contributed by atoms with van der Waals surface area (Å²) >= 11 is 0. The third-order valence-corrected chi connectivity index (χ3v) is 2.20. The normalized spacial score (nSPS) is 11.2. The minimum Gasteiger partial charge on any atom is -0.319 e. The van der Waals surface area contributed by atoms with Crippen molar-refractivity contribution in [2.24, 2.45) is 0 Å². The summed E-state index contributed by atoms with van der Waals surface area (Å²) in [6.45, 7) is 3.37. The van der Waals surface area contributed by atoms with Crippen LogP contribution >= 0.6 is 0 Å². The second kappa shape index (κ2) is 11.7. The molecule has 1 N–H and O–H groups in total. The largest absolute Gasteiger partial charge is 0.319 e. The van der Waals surface area contributed by atoms with Gasteiger partial charge in [0.05, 0.1) is 0 Å². The summed E-state index contributed by atoms with van der Waals surface area (Å²) in [5, 5.41) is 3.14. The van der Waals surface area contributed by atoms with Crippen LogP contribution in [0.5, 0.6) is 0 Å². The quantitative estimate of drug-likeness (QED) is 0.426. The second-order valence-electron chi connectivity index (χ2n) is 3.57. The molecule has 0 aliphatic carbocycles. The van der Waals surface area contributed by atoms with E-state index in [1.165, 1.54) is 44.9 Å². The van der Waals surface area contributed by atoms with Gasteiger partial charge in [-0.25, -0.2) is 0 Å². The molecule has 0 aliphatic rings. The topological polar surface area (TPSA) is 12.0 Å². The Morgan fingerprint density at radius 3 is 2.31 bits per heavy atom. The molecule has 1 nitrogen and oxygen atoms in total. The summed E-state index contributed by atoms with van der Waals surface area (Å²) in [5.41, 5.74) is 0. The summed E-state index contributed by atoms with van der Waals surface area (Å²) in [6, 6.07) is 0. The molecule has 0 aromatic carbocycles. The number of rotatable bonds is 9. The second-order valence-corrected chi connectivity index (χ2v) is 3.57. The van der Waals surface area contributed by atoms with Gasteiger partial charge in [-0.1, -0.05) is 44.8 Å². The van der Waals surface area contributed by atoms with Crippen molar-refractivity contribution >= 4 is 0 Å². The van der Waals surface area contributed by atoms with Gasteiger partial charge in [0.15, 0.2) is 0 Å². The summed E-state index contributed by atoms with van der Waals surface area (Å²) in [4.78, 5) is 0. The fourth-order valence-corrected chi connectivity index (χ4v) is 1.33. The Hall–Kier alpha value is -0.300. The van der Waals surface area contributed by atoms with E-state index in [9.17, 15) is 0 Å². The van der Waals surface area contributed by atoms with Crippen molar-refractivity contribution in [2.45, 2.75) is 51.9 Å². The molecule has 0 atom stereocenters. The highest BCUT2D eigenvalue weighted by atomic mass is 14.8. The molecule has 0 unspecified atom stereocenters. The molecule has 0 aliphatic heterocycles. The molecule has 0 saturated heterocycles. The van der Waals surface area contributed by atoms with Gasteiger partial charge in [0.1, 0.15) is 0 Å². The average molecular weight is 183 g/mol. The van der Waals surface area contributed by atoms with Crippen LogP contribution in [0.1, 0.15) is 51.9 Å². The summed E-state index contributed by atoms with van der Waals surface area (Å²) in [7, 11) is 2.00. The van der Waals surface area contributed by atoms with Crippen LogP contribution < -0.4 is 5.32 Å². The van der Waals surface area contributed by atoms with E-state index in [1.54, 1.807) is 0 Å². The van der Waals surface area contributed by atoms with E-state index in [2.05, 4.69) is 24.4 Å². The molecule has 0 fully saturated rings. The van der Waals surface area contributed by atoms with E-state index in [4.69, 9.17) is 0 Å². The summed E-state index contributed by atoms with van der Waals surface area (Å²) in [5.74, 6) is 0. The fraction of sp³-hybridized carbons (Fsp3) is 0.833. The van der Waals surface area contributed by atoms with E-state index < -0.39 is 0 Å². The van der Waals surface area contributed by atoms with E-state index in [-0.39, 0.29) is 0 Å². The number of hydrogen-bond donors (Lipinski definition) is 1. The first kappa shape index (κ1) is 12.7. The van der Waals surface area contributed by atoms with Gasteiger partial charge in [-0.3, -0.25) is 0 Å². The standard InChI is InChI=1S/C12H25N/c1-3-4-5-6-7-8-9-10-11-12-13-2/h9-10,13H,3-8,11-12H2,1-2H3/b10-9-. The Labute approximate surface area is 83.6 Å². The Balaban J connectivity index is 2.93. The lowest BCUT2D eigenvalue weighted by molar-refractivity contribution is 0.637. The first-order valence-electron chi connectivity index (χ1n) is 5.71. The molecule has 0 aromatic heterocycles. The molecule has 1 heteroatoms.